The van der Waals surface area contributed by atoms with Crippen LogP contribution in [-0.2, 0) is 0 Å². The highest BCUT2D eigenvalue weighted by Gasteiger charge is 2.19. The fourth-order valence-corrected chi connectivity index (χ4v) is 2.79. The van der Waals surface area contributed by atoms with Gasteiger partial charge in [-0.15, -0.1) is 0 Å². The van der Waals surface area contributed by atoms with E-state index in [-0.39, 0.29) is 0 Å². The second kappa shape index (κ2) is 8.15. The molecule has 0 aromatic heterocycles. The fourth-order valence-electron chi connectivity index (χ4n) is 2.79. The van der Waals surface area contributed by atoms with Crippen LogP contribution in [-0.4, -0.2) is 6.54 Å². The summed E-state index contributed by atoms with van der Waals surface area (Å²) in [6, 6.07) is 0. The third-order valence-corrected chi connectivity index (χ3v) is 4.02. The van der Waals surface area contributed by atoms with Crippen molar-refractivity contribution < 1.29 is 0 Å². The van der Waals surface area contributed by atoms with E-state index in [0.717, 1.165) is 18.4 Å². The van der Waals surface area contributed by atoms with Gasteiger partial charge in [0.25, 0.3) is 0 Å². The molecule has 1 aliphatic rings. The summed E-state index contributed by atoms with van der Waals surface area (Å²) in [7, 11) is 0. The smallest absolute Gasteiger partial charge is 0.00489 e. The summed E-state index contributed by atoms with van der Waals surface area (Å²) in [6.45, 7) is 3.21. The van der Waals surface area contributed by atoms with Gasteiger partial charge in [-0.3, -0.25) is 0 Å². The van der Waals surface area contributed by atoms with E-state index in [1.54, 1.807) is 0 Å². The van der Waals surface area contributed by atoms with Crippen molar-refractivity contribution in [3.05, 3.63) is 0 Å². The summed E-state index contributed by atoms with van der Waals surface area (Å²) >= 11 is 0. The lowest BCUT2D eigenvalue weighted by atomic mass is 9.80. The van der Waals surface area contributed by atoms with Crippen molar-refractivity contribution in [2.75, 3.05) is 6.54 Å². The summed E-state index contributed by atoms with van der Waals surface area (Å²) in [4.78, 5) is 0. The van der Waals surface area contributed by atoms with Gasteiger partial charge in [-0.2, -0.15) is 0 Å². The standard InChI is InChI=1S/C14H29N/c1-2-3-4-5-6-7-13-8-10-14(12-15)11-9-13/h13-14H,2-12,15H2,1H3. The summed E-state index contributed by atoms with van der Waals surface area (Å²) in [5.74, 6) is 1.88. The lowest BCUT2D eigenvalue weighted by Gasteiger charge is -2.27. The van der Waals surface area contributed by atoms with Crippen LogP contribution in [0.2, 0.25) is 0 Å². The Morgan fingerprint density at radius 1 is 0.867 bits per heavy atom. The van der Waals surface area contributed by atoms with Crippen molar-refractivity contribution in [3.8, 4) is 0 Å². The number of hydrogen-bond donors (Lipinski definition) is 1. The molecule has 1 saturated carbocycles. The highest BCUT2D eigenvalue weighted by Crippen LogP contribution is 2.31. The van der Waals surface area contributed by atoms with Crippen LogP contribution < -0.4 is 5.73 Å². The van der Waals surface area contributed by atoms with Gasteiger partial charge in [0.2, 0.25) is 0 Å². The van der Waals surface area contributed by atoms with Gasteiger partial charge in [0, 0.05) is 0 Å². The fraction of sp³-hybridized carbons (Fsp3) is 1.00. The molecule has 1 aliphatic carbocycles. The van der Waals surface area contributed by atoms with E-state index in [1.807, 2.05) is 0 Å². The molecule has 1 heteroatoms. The highest BCUT2D eigenvalue weighted by molar-refractivity contribution is 4.72. The van der Waals surface area contributed by atoms with Crippen LogP contribution in [0.1, 0.15) is 71.1 Å². The molecule has 0 saturated heterocycles. The Labute approximate surface area is 95.8 Å². The normalized spacial score (nSPS) is 26.8. The molecular weight excluding hydrogens is 182 g/mol. The van der Waals surface area contributed by atoms with Gasteiger partial charge in [-0.25, -0.2) is 0 Å². The largest absolute Gasteiger partial charge is 0.330 e. The second-order valence-electron chi connectivity index (χ2n) is 5.33. The lowest BCUT2D eigenvalue weighted by Crippen LogP contribution is -2.21. The molecule has 0 aromatic carbocycles. The Balaban J connectivity index is 1.94. The van der Waals surface area contributed by atoms with Crippen LogP contribution in [0.25, 0.3) is 0 Å². The van der Waals surface area contributed by atoms with Gasteiger partial charge >= 0.3 is 0 Å². The summed E-state index contributed by atoms with van der Waals surface area (Å²) in [5.41, 5.74) is 5.70. The molecule has 0 aliphatic heterocycles. The van der Waals surface area contributed by atoms with E-state index in [9.17, 15) is 0 Å². The zero-order valence-electron chi connectivity index (χ0n) is 10.5. The Bertz CT molecular complexity index is 136. The number of rotatable bonds is 7. The molecule has 0 aromatic rings. The predicted molar refractivity (Wildman–Crippen MR) is 67.9 cm³/mol. The van der Waals surface area contributed by atoms with Gasteiger partial charge in [0.15, 0.2) is 0 Å². The lowest BCUT2D eigenvalue weighted by molar-refractivity contribution is 0.262. The molecule has 90 valence electrons. The van der Waals surface area contributed by atoms with Crippen LogP contribution in [0, 0.1) is 11.8 Å². The quantitative estimate of drug-likeness (QED) is 0.630. The third-order valence-electron chi connectivity index (χ3n) is 4.02. The summed E-state index contributed by atoms with van der Waals surface area (Å²) in [5, 5.41) is 0. The third kappa shape index (κ3) is 5.55. The number of unbranched alkanes of at least 4 members (excludes halogenated alkanes) is 4. The maximum Gasteiger partial charge on any atom is -0.00489 e. The van der Waals surface area contributed by atoms with E-state index in [1.165, 1.54) is 64.2 Å². The van der Waals surface area contributed by atoms with Crippen molar-refractivity contribution >= 4 is 0 Å². The molecule has 0 radical (unpaired) electrons. The topological polar surface area (TPSA) is 26.0 Å². The average molecular weight is 211 g/mol. The molecule has 0 amide bonds. The Morgan fingerprint density at radius 2 is 1.47 bits per heavy atom. The Morgan fingerprint density at radius 3 is 2.07 bits per heavy atom. The van der Waals surface area contributed by atoms with Crippen molar-refractivity contribution in [2.24, 2.45) is 17.6 Å². The molecule has 1 nitrogen and oxygen atoms in total. The first-order valence-electron chi connectivity index (χ1n) is 7.06. The SMILES string of the molecule is CCCCCCCC1CCC(CN)CC1. The first kappa shape index (κ1) is 13.0. The van der Waals surface area contributed by atoms with Crippen LogP contribution in [0.3, 0.4) is 0 Å². The van der Waals surface area contributed by atoms with Crippen molar-refractivity contribution in [1.82, 2.24) is 0 Å². The van der Waals surface area contributed by atoms with Crippen LogP contribution in [0.15, 0.2) is 0 Å². The van der Waals surface area contributed by atoms with Crippen molar-refractivity contribution in [1.29, 1.82) is 0 Å². The maximum atomic E-state index is 5.70. The summed E-state index contributed by atoms with van der Waals surface area (Å²) < 4.78 is 0. The summed E-state index contributed by atoms with van der Waals surface area (Å²) in [6.07, 6.45) is 14.4. The molecule has 1 rings (SSSR count). The molecule has 0 bridgehead atoms. The van der Waals surface area contributed by atoms with Gasteiger partial charge in [-0.05, 0) is 31.2 Å². The Hall–Kier alpha value is -0.0400. The Kier molecular flexibility index (Phi) is 7.08. The molecular formula is C14H29N. The first-order valence-corrected chi connectivity index (χ1v) is 7.06. The second-order valence-corrected chi connectivity index (χ2v) is 5.33. The van der Waals surface area contributed by atoms with E-state index in [2.05, 4.69) is 6.92 Å². The highest BCUT2D eigenvalue weighted by atomic mass is 14.5. The minimum absolute atomic E-state index is 0.848. The average Bonchev–Trinajstić information content (AvgIpc) is 2.30. The molecule has 0 atom stereocenters. The first-order chi connectivity index (χ1) is 7.36. The van der Waals surface area contributed by atoms with E-state index < -0.39 is 0 Å². The molecule has 0 spiro atoms. The number of hydrogen-bond acceptors (Lipinski definition) is 1. The van der Waals surface area contributed by atoms with Crippen LogP contribution in [0.5, 0.6) is 0 Å². The van der Waals surface area contributed by atoms with Crippen LogP contribution in [0.4, 0.5) is 0 Å². The van der Waals surface area contributed by atoms with Crippen molar-refractivity contribution in [2.45, 2.75) is 71.1 Å². The predicted octanol–water partition coefficient (Wildman–Crippen LogP) is 4.11. The molecule has 2 N–H and O–H groups in total. The van der Waals surface area contributed by atoms with Gasteiger partial charge in [0.05, 0.1) is 0 Å². The zero-order chi connectivity index (χ0) is 10.9. The van der Waals surface area contributed by atoms with E-state index in [4.69, 9.17) is 5.73 Å². The van der Waals surface area contributed by atoms with Gasteiger partial charge in [0.1, 0.15) is 0 Å². The molecule has 0 unspecified atom stereocenters. The van der Waals surface area contributed by atoms with Crippen molar-refractivity contribution in [3.63, 3.8) is 0 Å². The monoisotopic (exact) mass is 211 g/mol. The minimum Gasteiger partial charge on any atom is -0.330 e. The molecule has 15 heavy (non-hydrogen) atoms. The zero-order valence-corrected chi connectivity index (χ0v) is 10.5. The number of nitrogens with two attached hydrogens (primary N) is 1. The maximum absolute atomic E-state index is 5.70. The molecule has 0 heterocycles. The van der Waals surface area contributed by atoms with Gasteiger partial charge in [-0.1, -0.05) is 58.3 Å². The van der Waals surface area contributed by atoms with E-state index >= 15 is 0 Å². The molecule has 1 fully saturated rings. The van der Waals surface area contributed by atoms with E-state index in [0.29, 0.717) is 0 Å². The van der Waals surface area contributed by atoms with Crippen LogP contribution >= 0.6 is 0 Å². The minimum atomic E-state index is 0.848. The van der Waals surface area contributed by atoms with Gasteiger partial charge < -0.3 is 5.73 Å².